The molecule has 0 aliphatic heterocycles. The fourth-order valence-corrected chi connectivity index (χ4v) is 3.54. The number of nitriles is 1. The zero-order valence-electron chi connectivity index (χ0n) is 17.0. The van der Waals surface area contributed by atoms with Crippen molar-refractivity contribution in [3.8, 4) is 17.4 Å². The number of hydrogen-bond donors (Lipinski definition) is 0. The molecule has 2 heterocycles. The lowest BCUT2D eigenvalue weighted by atomic mass is 10.1. The summed E-state index contributed by atoms with van der Waals surface area (Å²) in [6.07, 6.45) is 2.35. The van der Waals surface area contributed by atoms with Gasteiger partial charge in [0, 0.05) is 16.0 Å². The average molecular weight is 475 g/mol. The molecular weight excluding hydrogens is 456 g/mol. The highest BCUT2D eigenvalue weighted by Crippen LogP contribution is 2.23. The molecule has 6 nitrogen and oxygen atoms in total. The van der Waals surface area contributed by atoms with Gasteiger partial charge < -0.3 is 4.42 Å². The Morgan fingerprint density at radius 3 is 2.71 bits per heavy atom. The SMILES string of the molecule is CC[C@@H](C)c1nc2ccc(Br)cc2c(=O)n1N=Cc1ccc(-c2ccc(C#N)cc2)o1. The Bertz CT molecular complexity index is 1380. The Morgan fingerprint density at radius 1 is 1.23 bits per heavy atom. The summed E-state index contributed by atoms with van der Waals surface area (Å²) in [6, 6.07) is 18.3. The lowest BCUT2D eigenvalue weighted by Crippen LogP contribution is -2.23. The van der Waals surface area contributed by atoms with Crippen LogP contribution in [-0.2, 0) is 0 Å². The second-order valence-electron chi connectivity index (χ2n) is 7.19. The first-order valence-corrected chi connectivity index (χ1v) is 10.7. The first kappa shape index (κ1) is 20.8. The van der Waals surface area contributed by atoms with Crippen molar-refractivity contribution in [3.05, 3.63) is 86.6 Å². The lowest BCUT2D eigenvalue weighted by Gasteiger charge is -2.13. The molecule has 154 valence electrons. The second kappa shape index (κ2) is 8.70. The number of benzene rings is 2. The molecule has 0 radical (unpaired) electrons. The van der Waals surface area contributed by atoms with Crippen LogP contribution in [0.2, 0.25) is 0 Å². The largest absolute Gasteiger partial charge is 0.455 e. The van der Waals surface area contributed by atoms with Gasteiger partial charge in [-0.25, -0.2) is 4.98 Å². The van der Waals surface area contributed by atoms with Gasteiger partial charge in [-0.3, -0.25) is 4.79 Å². The van der Waals surface area contributed by atoms with Crippen molar-refractivity contribution in [3.63, 3.8) is 0 Å². The third-order valence-electron chi connectivity index (χ3n) is 5.11. The topological polar surface area (TPSA) is 84.2 Å². The number of nitrogens with zero attached hydrogens (tertiary/aromatic N) is 4. The van der Waals surface area contributed by atoms with Gasteiger partial charge in [0.15, 0.2) is 0 Å². The summed E-state index contributed by atoms with van der Waals surface area (Å²) in [5.74, 6) is 1.83. The molecule has 0 aliphatic carbocycles. The third-order valence-corrected chi connectivity index (χ3v) is 5.61. The zero-order valence-corrected chi connectivity index (χ0v) is 18.6. The van der Waals surface area contributed by atoms with Crippen LogP contribution in [0.15, 0.2) is 73.4 Å². The Labute approximate surface area is 187 Å². The first-order valence-electron chi connectivity index (χ1n) is 9.87. The summed E-state index contributed by atoms with van der Waals surface area (Å²) < 4.78 is 8.03. The van der Waals surface area contributed by atoms with Crippen molar-refractivity contribution in [2.45, 2.75) is 26.2 Å². The van der Waals surface area contributed by atoms with E-state index in [0.717, 1.165) is 16.5 Å². The van der Waals surface area contributed by atoms with Gasteiger partial charge in [0.25, 0.3) is 5.56 Å². The van der Waals surface area contributed by atoms with Gasteiger partial charge in [0.2, 0.25) is 0 Å². The molecule has 0 N–H and O–H groups in total. The Hall–Kier alpha value is -3.50. The van der Waals surface area contributed by atoms with Crippen molar-refractivity contribution in [2.75, 3.05) is 0 Å². The van der Waals surface area contributed by atoms with Crippen LogP contribution in [0.3, 0.4) is 0 Å². The molecule has 0 unspecified atom stereocenters. The molecule has 2 aromatic heterocycles. The van der Waals surface area contributed by atoms with Gasteiger partial charge in [0.05, 0.1) is 28.8 Å². The maximum absolute atomic E-state index is 13.2. The van der Waals surface area contributed by atoms with Gasteiger partial charge in [-0.1, -0.05) is 29.8 Å². The average Bonchev–Trinajstić information content (AvgIpc) is 3.27. The smallest absolute Gasteiger partial charge is 0.282 e. The van der Waals surface area contributed by atoms with Crippen LogP contribution in [-0.4, -0.2) is 15.9 Å². The minimum Gasteiger partial charge on any atom is -0.455 e. The van der Waals surface area contributed by atoms with Crippen LogP contribution in [0.4, 0.5) is 0 Å². The monoisotopic (exact) mass is 474 g/mol. The van der Waals surface area contributed by atoms with E-state index in [9.17, 15) is 4.79 Å². The number of aromatic nitrogens is 2. The molecule has 31 heavy (non-hydrogen) atoms. The Kier molecular flexibility index (Phi) is 5.83. The molecule has 2 aromatic carbocycles. The standard InChI is InChI=1S/C24H19BrN4O2/c1-3-15(2)23-28-21-10-8-18(25)12-20(21)24(30)29(23)27-14-19-9-11-22(31-19)17-6-4-16(13-26)5-7-17/h4-12,14-15H,3H2,1-2H3/t15-/m1/s1. The summed E-state index contributed by atoms with van der Waals surface area (Å²) in [6.45, 7) is 4.07. The molecule has 4 rings (SSSR count). The van der Waals surface area contributed by atoms with Crippen molar-refractivity contribution in [1.29, 1.82) is 5.26 Å². The second-order valence-corrected chi connectivity index (χ2v) is 8.11. The summed E-state index contributed by atoms with van der Waals surface area (Å²) in [5, 5.41) is 13.9. The van der Waals surface area contributed by atoms with Crippen LogP contribution in [0, 0.1) is 11.3 Å². The van der Waals surface area contributed by atoms with Gasteiger partial charge in [-0.15, -0.1) is 0 Å². The van der Waals surface area contributed by atoms with E-state index in [1.807, 2.05) is 44.2 Å². The van der Waals surface area contributed by atoms with E-state index >= 15 is 0 Å². The van der Waals surface area contributed by atoms with E-state index in [1.165, 1.54) is 10.9 Å². The molecule has 0 fully saturated rings. The van der Waals surface area contributed by atoms with Gasteiger partial charge in [-0.2, -0.15) is 15.0 Å². The molecule has 0 amide bonds. The third kappa shape index (κ3) is 4.21. The minimum atomic E-state index is -0.225. The van der Waals surface area contributed by atoms with E-state index in [4.69, 9.17) is 14.7 Å². The number of furan rings is 1. The van der Waals surface area contributed by atoms with E-state index in [-0.39, 0.29) is 11.5 Å². The van der Waals surface area contributed by atoms with E-state index in [1.54, 1.807) is 24.3 Å². The number of rotatable bonds is 5. The molecule has 4 aromatic rings. The van der Waals surface area contributed by atoms with Crippen molar-refractivity contribution < 1.29 is 4.42 Å². The van der Waals surface area contributed by atoms with E-state index < -0.39 is 0 Å². The minimum absolute atomic E-state index is 0.0590. The highest BCUT2D eigenvalue weighted by molar-refractivity contribution is 9.10. The Morgan fingerprint density at radius 2 is 2.00 bits per heavy atom. The van der Waals surface area contributed by atoms with Crippen LogP contribution in [0.5, 0.6) is 0 Å². The van der Waals surface area contributed by atoms with Crippen molar-refractivity contribution in [2.24, 2.45) is 5.10 Å². The van der Waals surface area contributed by atoms with E-state index in [0.29, 0.717) is 33.8 Å². The van der Waals surface area contributed by atoms with Crippen LogP contribution >= 0.6 is 15.9 Å². The lowest BCUT2D eigenvalue weighted by molar-refractivity contribution is 0.571. The van der Waals surface area contributed by atoms with E-state index in [2.05, 4.69) is 27.1 Å². The van der Waals surface area contributed by atoms with Gasteiger partial charge in [-0.05, 0) is 61.0 Å². The number of halogens is 1. The zero-order chi connectivity index (χ0) is 22.0. The summed E-state index contributed by atoms with van der Waals surface area (Å²) >= 11 is 3.41. The Balaban J connectivity index is 1.74. The van der Waals surface area contributed by atoms with Crippen LogP contribution in [0.25, 0.3) is 22.2 Å². The number of fused-ring (bicyclic) bond motifs is 1. The predicted molar refractivity (Wildman–Crippen MR) is 124 cm³/mol. The molecule has 1 atom stereocenters. The fraction of sp³-hybridized carbons (Fsp3) is 0.167. The predicted octanol–water partition coefficient (Wildman–Crippen LogP) is 5.69. The van der Waals surface area contributed by atoms with Gasteiger partial charge in [0.1, 0.15) is 17.3 Å². The quantitative estimate of drug-likeness (QED) is 0.348. The van der Waals surface area contributed by atoms with Gasteiger partial charge >= 0.3 is 0 Å². The summed E-state index contributed by atoms with van der Waals surface area (Å²) in [7, 11) is 0. The molecule has 7 heteroatoms. The first-order chi connectivity index (χ1) is 15.0. The van der Waals surface area contributed by atoms with Crippen LogP contribution < -0.4 is 5.56 Å². The molecule has 0 saturated heterocycles. The highest BCUT2D eigenvalue weighted by Gasteiger charge is 2.15. The highest BCUT2D eigenvalue weighted by atomic mass is 79.9. The number of hydrogen-bond acceptors (Lipinski definition) is 5. The molecule has 0 bridgehead atoms. The molecule has 0 aliphatic rings. The molecule has 0 spiro atoms. The summed E-state index contributed by atoms with van der Waals surface area (Å²) in [5.41, 5.74) is 1.87. The normalized spacial score (nSPS) is 12.3. The molecule has 0 saturated carbocycles. The summed E-state index contributed by atoms with van der Waals surface area (Å²) in [4.78, 5) is 17.9. The maximum Gasteiger partial charge on any atom is 0.282 e. The van der Waals surface area contributed by atoms with Crippen molar-refractivity contribution >= 4 is 33.0 Å². The fourth-order valence-electron chi connectivity index (χ4n) is 3.18. The van der Waals surface area contributed by atoms with Crippen LogP contribution in [0.1, 0.15) is 43.3 Å². The van der Waals surface area contributed by atoms with Crippen molar-refractivity contribution in [1.82, 2.24) is 9.66 Å². The molecular formula is C24H19BrN4O2. The maximum atomic E-state index is 13.2.